The van der Waals surface area contributed by atoms with E-state index in [2.05, 4.69) is 15.9 Å². The van der Waals surface area contributed by atoms with E-state index in [0.717, 1.165) is 10.0 Å². The van der Waals surface area contributed by atoms with Crippen LogP contribution in [0, 0.1) is 6.92 Å². The smallest absolute Gasteiger partial charge is 0.165 e. The van der Waals surface area contributed by atoms with Crippen LogP contribution in [0.4, 0.5) is 0 Å². The minimum absolute atomic E-state index is 0.0496. The fourth-order valence-corrected chi connectivity index (χ4v) is 3.78. The van der Waals surface area contributed by atoms with E-state index in [1.807, 2.05) is 6.92 Å². The molecule has 0 spiro atoms. The van der Waals surface area contributed by atoms with Crippen molar-refractivity contribution < 1.29 is 33.6 Å². The molecule has 0 radical (unpaired) electrons. The van der Waals surface area contributed by atoms with Gasteiger partial charge in [0.1, 0.15) is 36.3 Å². The van der Waals surface area contributed by atoms with Gasteiger partial charge in [0.05, 0.1) is 35.9 Å². The molecule has 1 N–H and O–H groups in total. The first-order chi connectivity index (χ1) is 13.0. The number of carbonyl (C=O) groups is 1. The fourth-order valence-electron chi connectivity index (χ4n) is 3.29. The zero-order chi connectivity index (χ0) is 19.6. The Morgan fingerprint density at radius 2 is 2.11 bits per heavy atom. The number of methoxy groups -OCH3 is 2. The third-order valence-electron chi connectivity index (χ3n) is 4.65. The number of ether oxygens (including phenoxy) is 5. The van der Waals surface area contributed by atoms with Crippen LogP contribution in [0.3, 0.4) is 0 Å². The summed E-state index contributed by atoms with van der Waals surface area (Å²) in [5, 5.41) is 11.0. The molecule has 0 saturated carbocycles. The number of aryl methyl sites for hydroxylation is 1. The summed E-state index contributed by atoms with van der Waals surface area (Å²) >= 11 is 3.47. The quantitative estimate of drug-likeness (QED) is 0.513. The summed E-state index contributed by atoms with van der Waals surface area (Å²) in [5.74, 6) is 1.12. The molecule has 1 aliphatic heterocycles. The average molecular weight is 443 g/mol. The van der Waals surface area contributed by atoms with Crippen LogP contribution in [0.5, 0.6) is 11.5 Å². The second-order valence-electron chi connectivity index (χ2n) is 6.37. The number of hydrogen-bond acceptors (Lipinski definition) is 7. The molecule has 8 heteroatoms. The highest BCUT2D eigenvalue weighted by molar-refractivity contribution is 9.10. The molecule has 1 aromatic carbocycles. The summed E-state index contributed by atoms with van der Waals surface area (Å²) < 4.78 is 28.2. The highest BCUT2D eigenvalue weighted by Crippen LogP contribution is 2.49. The van der Waals surface area contributed by atoms with Gasteiger partial charge in [-0.1, -0.05) is 0 Å². The predicted molar refractivity (Wildman–Crippen MR) is 99.9 cm³/mol. The van der Waals surface area contributed by atoms with Crippen molar-refractivity contribution in [2.45, 2.75) is 32.0 Å². The maximum absolute atomic E-state index is 12.5. The molecule has 1 aromatic rings. The monoisotopic (exact) mass is 442 g/mol. The van der Waals surface area contributed by atoms with Crippen LogP contribution >= 0.6 is 15.9 Å². The van der Waals surface area contributed by atoms with Crippen molar-refractivity contribution in [1.29, 1.82) is 0 Å². The van der Waals surface area contributed by atoms with Crippen LogP contribution in [-0.2, 0) is 19.0 Å². The number of benzene rings is 1. The lowest BCUT2D eigenvalue weighted by atomic mass is 9.85. The third kappa shape index (κ3) is 3.90. The average Bonchev–Trinajstić information content (AvgIpc) is 2.64. The summed E-state index contributed by atoms with van der Waals surface area (Å²) in [6.07, 6.45) is -0.853. The van der Waals surface area contributed by atoms with E-state index in [0.29, 0.717) is 42.5 Å². The van der Waals surface area contributed by atoms with Gasteiger partial charge in [-0.3, -0.25) is 4.79 Å². The molecule has 0 bridgehead atoms. The molecule has 7 nitrogen and oxygen atoms in total. The van der Waals surface area contributed by atoms with E-state index < -0.39 is 12.2 Å². The van der Waals surface area contributed by atoms with Crippen molar-refractivity contribution in [3.63, 3.8) is 0 Å². The normalized spacial score (nSPS) is 21.6. The van der Waals surface area contributed by atoms with Crippen LogP contribution < -0.4 is 9.47 Å². The number of halogens is 1. The van der Waals surface area contributed by atoms with Gasteiger partial charge in [0.15, 0.2) is 5.78 Å². The maximum atomic E-state index is 12.5. The minimum Gasteiger partial charge on any atom is -0.495 e. The fraction of sp³-hybridized carbons (Fsp3) is 0.526. The standard InChI is InChI=1S/C19H23BrO7/c1-10-8-13-15(19(24-3)16(10)20)17(22)14-11(21)4-5-12(18(14)27-13)26-9-25-7-6-23-2/h8,12,17,22H,4-7,9H2,1-3H3/t12-,17-/m0/s1. The first kappa shape index (κ1) is 20.3. The third-order valence-corrected chi connectivity index (χ3v) is 5.64. The van der Waals surface area contributed by atoms with Gasteiger partial charge in [-0.25, -0.2) is 0 Å². The van der Waals surface area contributed by atoms with Crippen LogP contribution in [0.15, 0.2) is 21.9 Å². The van der Waals surface area contributed by atoms with E-state index in [1.54, 1.807) is 13.2 Å². The van der Waals surface area contributed by atoms with Crippen LogP contribution in [-0.4, -0.2) is 51.2 Å². The molecule has 2 atom stereocenters. The van der Waals surface area contributed by atoms with Crippen LogP contribution in [0.1, 0.15) is 30.1 Å². The Labute approximate surface area is 166 Å². The Morgan fingerprint density at radius 1 is 1.33 bits per heavy atom. The molecule has 1 heterocycles. The first-order valence-electron chi connectivity index (χ1n) is 8.68. The Morgan fingerprint density at radius 3 is 2.81 bits per heavy atom. The topological polar surface area (TPSA) is 83.5 Å². The zero-order valence-corrected chi connectivity index (χ0v) is 17.1. The number of ketones is 1. The lowest BCUT2D eigenvalue weighted by Gasteiger charge is -2.35. The number of carbonyl (C=O) groups excluding carboxylic acids is 1. The Bertz CT molecular complexity index is 759. The highest BCUT2D eigenvalue weighted by Gasteiger charge is 2.41. The minimum atomic E-state index is -1.14. The second-order valence-corrected chi connectivity index (χ2v) is 7.16. The molecule has 0 saturated heterocycles. The molecule has 1 aliphatic carbocycles. The second kappa shape index (κ2) is 8.70. The molecule has 0 fully saturated rings. The first-order valence-corrected chi connectivity index (χ1v) is 9.47. The van der Waals surface area contributed by atoms with Gasteiger partial charge in [0.2, 0.25) is 0 Å². The summed E-state index contributed by atoms with van der Waals surface area (Å²) in [4.78, 5) is 12.5. The van der Waals surface area contributed by atoms with Crippen LogP contribution in [0.25, 0.3) is 0 Å². The van der Waals surface area contributed by atoms with Crippen molar-refractivity contribution in [2.75, 3.05) is 34.2 Å². The summed E-state index contributed by atoms with van der Waals surface area (Å²) in [6.45, 7) is 2.83. The van der Waals surface area contributed by atoms with Gasteiger partial charge in [0.25, 0.3) is 0 Å². The van der Waals surface area contributed by atoms with Crippen molar-refractivity contribution in [3.8, 4) is 11.5 Å². The van der Waals surface area contributed by atoms with Crippen molar-refractivity contribution in [2.24, 2.45) is 0 Å². The number of hydrogen-bond donors (Lipinski definition) is 1. The zero-order valence-electron chi connectivity index (χ0n) is 15.5. The molecule has 27 heavy (non-hydrogen) atoms. The molecular weight excluding hydrogens is 420 g/mol. The van der Waals surface area contributed by atoms with E-state index in [9.17, 15) is 9.90 Å². The highest BCUT2D eigenvalue weighted by atomic mass is 79.9. The lowest BCUT2D eigenvalue weighted by molar-refractivity contribution is -0.124. The lowest BCUT2D eigenvalue weighted by Crippen LogP contribution is -2.34. The van der Waals surface area contributed by atoms with E-state index in [4.69, 9.17) is 23.7 Å². The summed E-state index contributed by atoms with van der Waals surface area (Å²) in [5.41, 5.74) is 1.56. The molecular formula is C19H23BrO7. The summed E-state index contributed by atoms with van der Waals surface area (Å²) in [7, 11) is 3.11. The largest absolute Gasteiger partial charge is 0.495 e. The molecule has 3 rings (SSSR count). The van der Waals surface area contributed by atoms with Crippen molar-refractivity contribution >= 4 is 21.7 Å². The Kier molecular flexibility index (Phi) is 6.54. The molecule has 2 aliphatic rings. The van der Waals surface area contributed by atoms with Gasteiger partial charge < -0.3 is 28.8 Å². The number of aliphatic hydroxyl groups excluding tert-OH is 1. The van der Waals surface area contributed by atoms with E-state index in [1.165, 1.54) is 7.11 Å². The number of rotatable bonds is 7. The number of Topliss-reactive ketones (excluding diaryl/α,β-unsaturated/α-hetero) is 1. The molecule has 0 amide bonds. The molecule has 0 unspecified atom stereocenters. The van der Waals surface area contributed by atoms with Gasteiger partial charge >= 0.3 is 0 Å². The number of fused-ring (bicyclic) bond motifs is 1. The van der Waals surface area contributed by atoms with Gasteiger partial charge in [0, 0.05) is 13.5 Å². The molecule has 148 valence electrons. The SMILES string of the molecule is COCCOCO[C@H]1CCC(=O)C2=C1Oc1cc(C)c(Br)c(OC)c1[C@H]2O. The van der Waals surface area contributed by atoms with Crippen molar-refractivity contribution in [3.05, 3.63) is 33.0 Å². The molecule has 0 aromatic heterocycles. The van der Waals surface area contributed by atoms with Gasteiger partial charge in [-0.15, -0.1) is 0 Å². The number of aliphatic hydroxyl groups is 1. The van der Waals surface area contributed by atoms with Crippen molar-refractivity contribution in [1.82, 2.24) is 0 Å². The van der Waals surface area contributed by atoms with E-state index in [-0.39, 0.29) is 24.6 Å². The van der Waals surface area contributed by atoms with E-state index >= 15 is 0 Å². The van der Waals surface area contributed by atoms with Crippen LogP contribution in [0.2, 0.25) is 0 Å². The summed E-state index contributed by atoms with van der Waals surface area (Å²) in [6, 6.07) is 1.81. The maximum Gasteiger partial charge on any atom is 0.165 e. The Balaban J connectivity index is 1.90. The Hall–Kier alpha value is -1.45. The van der Waals surface area contributed by atoms with Gasteiger partial charge in [-0.05, 0) is 40.9 Å². The van der Waals surface area contributed by atoms with Gasteiger partial charge in [-0.2, -0.15) is 0 Å². The predicted octanol–water partition coefficient (Wildman–Crippen LogP) is 2.81.